The van der Waals surface area contributed by atoms with Crippen LogP contribution in [0.15, 0.2) is 4.99 Å². The quantitative estimate of drug-likeness (QED) is 0.231. The molecule has 148 valence electrons. The second-order valence-electron chi connectivity index (χ2n) is 7.21. The fraction of sp³-hybridized carbons (Fsp3) is 0.882. The number of rotatable bonds is 7. The predicted octanol–water partition coefficient (Wildman–Crippen LogP) is 2.17. The number of carbonyl (C=O) groups is 1. The summed E-state index contributed by atoms with van der Waals surface area (Å²) in [5.74, 6) is 0.843. The van der Waals surface area contributed by atoms with Crippen molar-refractivity contribution in [2.24, 2.45) is 4.99 Å². The lowest BCUT2D eigenvalue weighted by molar-refractivity contribution is 0.0527. The van der Waals surface area contributed by atoms with Gasteiger partial charge in [-0.3, -0.25) is 4.99 Å². The van der Waals surface area contributed by atoms with Crippen LogP contribution in [0.1, 0.15) is 47.0 Å². The number of nitrogens with one attached hydrogen (secondary N) is 3. The standard InChI is InChI=1S/C17H35N5O2.HI/c1-6-18-15(21-13-14-9-7-12-22(14)5)19-10-8-11-20-16(23)24-17(2,3)4;/h14H,6-13H2,1-5H3,(H,20,23)(H2,18,19,21);1H. The first-order valence-corrected chi connectivity index (χ1v) is 9.01. The van der Waals surface area contributed by atoms with E-state index in [4.69, 9.17) is 4.74 Å². The summed E-state index contributed by atoms with van der Waals surface area (Å²) < 4.78 is 5.20. The van der Waals surface area contributed by atoms with Crippen molar-refractivity contribution < 1.29 is 9.53 Å². The second-order valence-corrected chi connectivity index (χ2v) is 7.21. The molecule has 0 spiro atoms. The fourth-order valence-electron chi connectivity index (χ4n) is 2.55. The number of likely N-dealkylation sites (N-methyl/N-ethyl adjacent to an activating group) is 1. The minimum absolute atomic E-state index is 0. The van der Waals surface area contributed by atoms with Gasteiger partial charge in [0.25, 0.3) is 0 Å². The number of amides is 1. The molecule has 1 fully saturated rings. The summed E-state index contributed by atoms with van der Waals surface area (Å²) in [6, 6.07) is 0.550. The van der Waals surface area contributed by atoms with Gasteiger partial charge < -0.3 is 25.6 Å². The molecule has 1 rings (SSSR count). The van der Waals surface area contributed by atoms with Gasteiger partial charge in [0.05, 0.1) is 6.54 Å². The van der Waals surface area contributed by atoms with Crippen molar-refractivity contribution in [3.05, 3.63) is 0 Å². The van der Waals surface area contributed by atoms with Crippen molar-refractivity contribution in [1.29, 1.82) is 0 Å². The summed E-state index contributed by atoms with van der Waals surface area (Å²) in [7, 11) is 2.16. The lowest BCUT2D eigenvalue weighted by Gasteiger charge is -2.20. The molecule has 1 unspecified atom stereocenters. The second kappa shape index (κ2) is 12.6. The van der Waals surface area contributed by atoms with Gasteiger partial charge >= 0.3 is 6.09 Å². The molecular weight excluding hydrogens is 433 g/mol. The van der Waals surface area contributed by atoms with Crippen molar-refractivity contribution in [3.8, 4) is 0 Å². The predicted molar refractivity (Wildman–Crippen MR) is 114 cm³/mol. The van der Waals surface area contributed by atoms with Crippen LogP contribution in [-0.4, -0.2) is 68.4 Å². The summed E-state index contributed by atoms with van der Waals surface area (Å²) in [6.07, 6.45) is 2.93. The van der Waals surface area contributed by atoms with Gasteiger partial charge in [0.2, 0.25) is 0 Å². The van der Waals surface area contributed by atoms with Gasteiger partial charge in [0.15, 0.2) is 5.96 Å². The van der Waals surface area contributed by atoms with Crippen molar-refractivity contribution in [2.75, 3.05) is 39.8 Å². The molecule has 1 atom stereocenters. The topological polar surface area (TPSA) is 78.0 Å². The molecule has 0 aromatic heterocycles. The molecule has 1 aliphatic rings. The molecule has 1 saturated heterocycles. The summed E-state index contributed by atoms with van der Waals surface area (Å²) in [5, 5.41) is 9.33. The summed E-state index contributed by atoms with van der Waals surface area (Å²) in [6.45, 7) is 11.8. The van der Waals surface area contributed by atoms with Crippen LogP contribution in [0.4, 0.5) is 4.79 Å². The van der Waals surface area contributed by atoms with Gasteiger partial charge in [-0.15, -0.1) is 24.0 Å². The van der Waals surface area contributed by atoms with E-state index in [0.29, 0.717) is 12.6 Å². The van der Waals surface area contributed by atoms with E-state index in [1.807, 2.05) is 20.8 Å². The molecule has 0 saturated carbocycles. The third-order valence-corrected chi connectivity index (χ3v) is 3.79. The minimum Gasteiger partial charge on any atom is -0.444 e. The molecular formula is C17H36IN5O2. The highest BCUT2D eigenvalue weighted by Crippen LogP contribution is 2.14. The first kappa shape index (κ1) is 24.2. The van der Waals surface area contributed by atoms with Crippen molar-refractivity contribution in [3.63, 3.8) is 0 Å². The molecule has 0 aromatic carbocycles. The Morgan fingerprint density at radius 2 is 1.92 bits per heavy atom. The number of alkyl carbamates (subject to hydrolysis) is 1. The number of aliphatic imine (C=N–C) groups is 1. The molecule has 7 nitrogen and oxygen atoms in total. The van der Waals surface area contributed by atoms with Gasteiger partial charge in [-0.05, 0) is 60.5 Å². The Morgan fingerprint density at radius 3 is 2.48 bits per heavy atom. The number of halogens is 1. The highest BCUT2D eigenvalue weighted by molar-refractivity contribution is 14.0. The van der Waals surface area contributed by atoms with Crippen LogP contribution >= 0.6 is 24.0 Å². The number of carbonyl (C=O) groups excluding carboxylic acids is 1. The van der Waals surface area contributed by atoms with E-state index in [2.05, 4.69) is 39.8 Å². The smallest absolute Gasteiger partial charge is 0.407 e. The Kier molecular flexibility index (Phi) is 12.2. The normalized spacial score (nSPS) is 18.4. The Hall–Kier alpha value is -0.770. The Bertz CT molecular complexity index is 412. The van der Waals surface area contributed by atoms with Crippen molar-refractivity contribution in [1.82, 2.24) is 20.9 Å². The van der Waals surface area contributed by atoms with Crippen LogP contribution in [0.2, 0.25) is 0 Å². The number of guanidine groups is 1. The maximum atomic E-state index is 11.5. The monoisotopic (exact) mass is 469 g/mol. The van der Waals surface area contributed by atoms with Crippen LogP contribution in [0.25, 0.3) is 0 Å². The SMILES string of the molecule is CCNC(=NCC1CCCN1C)NCCCNC(=O)OC(C)(C)C.I. The maximum absolute atomic E-state index is 11.5. The van der Waals surface area contributed by atoms with E-state index in [1.54, 1.807) is 0 Å². The third-order valence-electron chi connectivity index (χ3n) is 3.79. The Balaban J connectivity index is 0.00000576. The maximum Gasteiger partial charge on any atom is 0.407 e. The van der Waals surface area contributed by atoms with Crippen molar-refractivity contribution in [2.45, 2.75) is 58.6 Å². The van der Waals surface area contributed by atoms with Gasteiger partial charge in [-0.1, -0.05) is 0 Å². The van der Waals surface area contributed by atoms with E-state index in [0.717, 1.165) is 32.0 Å². The number of nitrogens with zero attached hydrogens (tertiary/aromatic N) is 2. The van der Waals surface area contributed by atoms with Gasteiger partial charge in [0.1, 0.15) is 5.60 Å². The van der Waals surface area contributed by atoms with E-state index >= 15 is 0 Å². The zero-order chi connectivity index (χ0) is 18.0. The molecule has 0 aromatic rings. The average molecular weight is 469 g/mol. The van der Waals surface area contributed by atoms with Crippen LogP contribution in [0.3, 0.4) is 0 Å². The molecule has 1 aliphatic heterocycles. The van der Waals surface area contributed by atoms with Crippen LogP contribution in [0.5, 0.6) is 0 Å². The third kappa shape index (κ3) is 11.5. The molecule has 0 aliphatic carbocycles. The lowest BCUT2D eigenvalue weighted by atomic mass is 10.2. The number of ether oxygens (including phenoxy) is 1. The largest absolute Gasteiger partial charge is 0.444 e. The molecule has 1 amide bonds. The zero-order valence-electron chi connectivity index (χ0n) is 16.4. The molecule has 1 heterocycles. The van der Waals surface area contributed by atoms with Crippen LogP contribution in [0, 0.1) is 0 Å². The molecule has 3 N–H and O–H groups in total. The van der Waals surface area contributed by atoms with E-state index in [1.165, 1.54) is 19.4 Å². The van der Waals surface area contributed by atoms with Gasteiger partial charge in [0, 0.05) is 25.7 Å². The van der Waals surface area contributed by atoms with E-state index < -0.39 is 5.60 Å². The summed E-state index contributed by atoms with van der Waals surface area (Å²) in [5.41, 5.74) is -0.458. The highest BCUT2D eigenvalue weighted by Gasteiger charge is 2.20. The van der Waals surface area contributed by atoms with Crippen molar-refractivity contribution >= 4 is 36.0 Å². The van der Waals surface area contributed by atoms with E-state index in [-0.39, 0.29) is 30.1 Å². The fourth-order valence-corrected chi connectivity index (χ4v) is 2.55. The zero-order valence-corrected chi connectivity index (χ0v) is 18.7. The first-order chi connectivity index (χ1) is 11.3. The summed E-state index contributed by atoms with van der Waals surface area (Å²) in [4.78, 5) is 18.6. The van der Waals surface area contributed by atoms with Gasteiger partial charge in [-0.25, -0.2) is 4.79 Å². The Labute approximate surface area is 169 Å². The average Bonchev–Trinajstić information content (AvgIpc) is 2.87. The molecule has 25 heavy (non-hydrogen) atoms. The highest BCUT2D eigenvalue weighted by atomic mass is 127. The number of hydrogen-bond acceptors (Lipinski definition) is 4. The first-order valence-electron chi connectivity index (χ1n) is 9.01. The number of likely N-dealkylation sites (tertiary alicyclic amines) is 1. The van der Waals surface area contributed by atoms with E-state index in [9.17, 15) is 4.79 Å². The molecule has 0 radical (unpaired) electrons. The van der Waals surface area contributed by atoms with Crippen LogP contribution < -0.4 is 16.0 Å². The lowest BCUT2D eigenvalue weighted by Crippen LogP contribution is -2.40. The minimum atomic E-state index is -0.458. The summed E-state index contributed by atoms with van der Waals surface area (Å²) >= 11 is 0. The molecule has 0 bridgehead atoms. The van der Waals surface area contributed by atoms with Crippen LogP contribution in [-0.2, 0) is 4.74 Å². The Morgan fingerprint density at radius 1 is 1.24 bits per heavy atom. The molecule has 8 heteroatoms. The number of hydrogen-bond donors (Lipinski definition) is 3. The van der Waals surface area contributed by atoms with Gasteiger partial charge in [-0.2, -0.15) is 0 Å².